The average molecular weight is 321 g/mol. The molecule has 0 unspecified atom stereocenters. The Labute approximate surface area is 142 Å². The third-order valence-electron chi connectivity index (χ3n) is 9.15. The largest absolute Gasteiger partial charge is 0.393 e. The molecule has 0 bridgehead atoms. The molecule has 4 aliphatic rings. The number of hydrogen-bond acceptors (Lipinski definition) is 2. The minimum Gasteiger partial charge on any atom is -0.393 e. The smallest absolute Gasteiger partial charge is 0.0703 e. The summed E-state index contributed by atoms with van der Waals surface area (Å²) in [6, 6.07) is 0. The first-order chi connectivity index (χ1) is 11.0. The molecule has 0 saturated heterocycles. The van der Waals surface area contributed by atoms with E-state index >= 15 is 0 Å². The Bertz CT molecular complexity index is 449. The highest BCUT2D eigenvalue weighted by molar-refractivity contribution is 5.13. The molecule has 2 N–H and O–H groups in total. The lowest BCUT2D eigenvalue weighted by Crippen LogP contribution is -2.54. The van der Waals surface area contributed by atoms with Gasteiger partial charge in [-0.2, -0.15) is 0 Å². The molecule has 0 aromatic rings. The van der Waals surface area contributed by atoms with E-state index in [0.717, 1.165) is 61.7 Å². The van der Waals surface area contributed by atoms with E-state index in [4.69, 9.17) is 0 Å². The van der Waals surface area contributed by atoms with Crippen LogP contribution in [0.2, 0.25) is 0 Å². The minimum atomic E-state index is -0.392. The molecule has 0 aromatic heterocycles. The molecule has 8 atom stereocenters. The molecule has 2 heteroatoms. The van der Waals surface area contributed by atoms with Crippen molar-refractivity contribution in [2.24, 2.45) is 35.0 Å². The van der Waals surface area contributed by atoms with Crippen LogP contribution in [-0.2, 0) is 0 Å². The van der Waals surface area contributed by atoms with E-state index in [1.807, 2.05) is 0 Å². The Morgan fingerprint density at radius 1 is 0.826 bits per heavy atom. The van der Waals surface area contributed by atoms with Crippen molar-refractivity contribution in [2.75, 3.05) is 0 Å². The monoisotopic (exact) mass is 320 g/mol. The quantitative estimate of drug-likeness (QED) is 0.784. The Morgan fingerprint density at radius 3 is 2.35 bits per heavy atom. The van der Waals surface area contributed by atoms with Gasteiger partial charge in [-0.15, -0.1) is 0 Å². The highest BCUT2D eigenvalue weighted by Gasteiger charge is 2.63. The molecule has 4 rings (SSSR count). The fourth-order valence-corrected chi connectivity index (χ4v) is 8.05. The Hall–Kier alpha value is -0.0800. The van der Waals surface area contributed by atoms with Crippen LogP contribution in [0.3, 0.4) is 0 Å². The van der Waals surface area contributed by atoms with Gasteiger partial charge in [0, 0.05) is 5.41 Å². The topological polar surface area (TPSA) is 40.5 Å². The number of rotatable bonds is 2. The van der Waals surface area contributed by atoms with Crippen LogP contribution in [0.4, 0.5) is 0 Å². The SMILES string of the molecule is CC[C@]1(O)CC[C@H]2[C@@H]3CC[C@H]4C[C@H](O)CC[C@@H]4[C@H]3CC[C@@]21CC. The number of aliphatic hydroxyl groups is 2. The molecule has 0 amide bonds. The van der Waals surface area contributed by atoms with E-state index < -0.39 is 5.60 Å². The summed E-state index contributed by atoms with van der Waals surface area (Å²) in [5, 5.41) is 21.4. The number of hydrogen-bond donors (Lipinski definition) is 2. The first-order valence-electron chi connectivity index (χ1n) is 10.4. The molecule has 4 fully saturated rings. The first-order valence-corrected chi connectivity index (χ1v) is 10.4. The normalized spacial score (nSPS) is 55.8. The van der Waals surface area contributed by atoms with Gasteiger partial charge in [0.15, 0.2) is 0 Å². The van der Waals surface area contributed by atoms with E-state index in [1.54, 1.807) is 0 Å². The van der Waals surface area contributed by atoms with E-state index in [9.17, 15) is 10.2 Å². The molecule has 0 heterocycles. The van der Waals surface area contributed by atoms with Gasteiger partial charge in [0.05, 0.1) is 11.7 Å². The van der Waals surface area contributed by atoms with E-state index in [1.165, 1.54) is 38.5 Å². The molecule has 0 aromatic carbocycles. The molecular formula is C21H36O2. The van der Waals surface area contributed by atoms with Crippen molar-refractivity contribution >= 4 is 0 Å². The summed E-state index contributed by atoms with van der Waals surface area (Å²) in [4.78, 5) is 0. The second-order valence-corrected chi connectivity index (χ2v) is 9.37. The predicted molar refractivity (Wildman–Crippen MR) is 93.0 cm³/mol. The van der Waals surface area contributed by atoms with Crippen molar-refractivity contribution < 1.29 is 10.2 Å². The van der Waals surface area contributed by atoms with Crippen LogP contribution in [0.1, 0.15) is 84.5 Å². The lowest BCUT2D eigenvalue weighted by atomic mass is 9.48. The van der Waals surface area contributed by atoms with Crippen LogP contribution in [0.15, 0.2) is 0 Å². The maximum absolute atomic E-state index is 11.4. The van der Waals surface area contributed by atoms with Gasteiger partial charge >= 0.3 is 0 Å². The van der Waals surface area contributed by atoms with Gasteiger partial charge in [-0.05, 0) is 100 Å². The van der Waals surface area contributed by atoms with Gasteiger partial charge in [-0.3, -0.25) is 0 Å². The zero-order valence-corrected chi connectivity index (χ0v) is 15.1. The highest BCUT2D eigenvalue weighted by Crippen LogP contribution is 2.67. The van der Waals surface area contributed by atoms with Crippen LogP contribution in [0.5, 0.6) is 0 Å². The summed E-state index contributed by atoms with van der Waals surface area (Å²) in [5.74, 6) is 4.19. The number of fused-ring (bicyclic) bond motifs is 5. The summed E-state index contributed by atoms with van der Waals surface area (Å²) in [7, 11) is 0. The van der Waals surface area contributed by atoms with Gasteiger partial charge in [0.2, 0.25) is 0 Å². The van der Waals surface area contributed by atoms with Crippen LogP contribution in [-0.4, -0.2) is 21.9 Å². The standard InChI is InChI=1S/C21H36O2/c1-3-20-11-9-17-16-8-6-15(22)13-14(16)5-7-18(17)19(20)10-12-21(20,23)4-2/h14-19,22-23H,3-13H2,1-2H3/t14-,15+,16-,17+,18+,19-,20-,21-/m0/s1. The molecule has 23 heavy (non-hydrogen) atoms. The Kier molecular flexibility index (Phi) is 4.08. The lowest BCUT2D eigenvalue weighted by Gasteiger charge is -2.58. The third-order valence-corrected chi connectivity index (χ3v) is 9.15. The second kappa shape index (κ2) is 5.73. The maximum atomic E-state index is 11.4. The van der Waals surface area contributed by atoms with E-state index in [2.05, 4.69) is 13.8 Å². The minimum absolute atomic E-state index is 0.0252. The molecular weight excluding hydrogens is 284 g/mol. The summed E-state index contributed by atoms with van der Waals surface area (Å²) in [6.07, 6.45) is 13.0. The van der Waals surface area contributed by atoms with Crippen molar-refractivity contribution in [3.8, 4) is 0 Å². The molecule has 2 nitrogen and oxygen atoms in total. The molecule has 132 valence electrons. The fourth-order valence-electron chi connectivity index (χ4n) is 8.05. The van der Waals surface area contributed by atoms with Crippen LogP contribution < -0.4 is 0 Å². The summed E-state index contributed by atoms with van der Waals surface area (Å²) in [5.41, 5.74) is -0.180. The summed E-state index contributed by atoms with van der Waals surface area (Å²) < 4.78 is 0. The van der Waals surface area contributed by atoms with Gasteiger partial charge in [0.1, 0.15) is 0 Å². The van der Waals surface area contributed by atoms with Crippen molar-refractivity contribution in [1.82, 2.24) is 0 Å². The van der Waals surface area contributed by atoms with Crippen molar-refractivity contribution in [1.29, 1.82) is 0 Å². The van der Waals surface area contributed by atoms with Crippen molar-refractivity contribution in [3.63, 3.8) is 0 Å². The second-order valence-electron chi connectivity index (χ2n) is 9.37. The predicted octanol–water partition coefficient (Wildman–Crippen LogP) is 4.53. The Balaban J connectivity index is 1.60. The zero-order valence-electron chi connectivity index (χ0n) is 15.1. The van der Waals surface area contributed by atoms with Crippen LogP contribution in [0, 0.1) is 35.0 Å². The first kappa shape index (κ1) is 16.4. The molecule has 0 spiro atoms. The molecule has 4 saturated carbocycles. The molecule has 0 aliphatic heterocycles. The fraction of sp³-hybridized carbons (Fsp3) is 1.00. The summed E-state index contributed by atoms with van der Waals surface area (Å²) in [6.45, 7) is 4.53. The van der Waals surface area contributed by atoms with Crippen molar-refractivity contribution in [2.45, 2.75) is 96.2 Å². The third kappa shape index (κ3) is 2.20. The van der Waals surface area contributed by atoms with Crippen LogP contribution in [0.25, 0.3) is 0 Å². The molecule has 0 radical (unpaired) electrons. The Morgan fingerprint density at radius 2 is 1.61 bits per heavy atom. The number of aliphatic hydroxyl groups excluding tert-OH is 1. The molecule has 4 aliphatic carbocycles. The lowest BCUT2D eigenvalue weighted by molar-refractivity contribution is -0.145. The highest BCUT2D eigenvalue weighted by atomic mass is 16.3. The van der Waals surface area contributed by atoms with E-state index in [0.29, 0.717) is 0 Å². The average Bonchev–Trinajstić information content (AvgIpc) is 2.88. The van der Waals surface area contributed by atoms with Gasteiger partial charge < -0.3 is 10.2 Å². The maximum Gasteiger partial charge on any atom is 0.0703 e. The van der Waals surface area contributed by atoms with Crippen molar-refractivity contribution in [3.05, 3.63) is 0 Å². The van der Waals surface area contributed by atoms with Gasteiger partial charge in [0.25, 0.3) is 0 Å². The van der Waals surface area contributed by atoms with E-state index in [-0.39, 0.29) is 11.5 Å². The van der Waals surface area contributed by atoms with Crippen LogP contribution >= 0.6 is 0 Å². The zero-order chi connectivity index (χ0) is 16.2. The summed E-state index contributed by atoms with van der Waals surface area (Å²) >= 11 is 0. The van der Waals surface area contributed by atoms with Gasteiger partial charge in [-0.25, -0.2) is 0 Å². The van der Waals surface area contributed by atoms with Gasteiger partial charge in [-0.1, -0.05) is 13.8 Å².